The number of nitrogens with zero attached hydrogens (tertiary/aromatic N) is 2. The van der Waals surface area contributed by atoms with Crippen LogP contribution in [0.2, 0.25) is 0 Å². The first-order valence-electron chi connectivity index (χ1n) is 11.9. The minimum atomic E-state index is -1.22. The molecule has 0 unspecified atom stereocenters. The van der Waals surface area contributed by atoms with Crippen LogP contribution >= 0.6 is 0 Å². The number of amides is 1. The smallest absolute Gasteiger partial charge is 0.316 e. The lowest BCUT2D eigenvalue weighted by atomic mass is 9.67. The van der Waals surface area contributed by atoms with Gasteiger partial charge in [-0.2, -0.15) is 0 Å². The van der Waals surface area contributed by atoms with Gasteiger partial charge in [-0.25, -0.2) is 0 Å². The largest absolute Gasteiger partial charge is 0.481 e. The molecular formula is C27H34N2O3. The number of carboxylic acid groups (broad SMARTS) is 1. The molecule has 5 heteroatoms. The van der Waals surface area contributed by atoms with E-state index in [1.807, 2.05) is 35.2 Å². The van der Waals surface area contributed by atoms with E-state index in [2.05, 4.69) is 30.9 Å². The Morgan fingerprint density at radius 3 is 2.25 bits per heavy atom. The van der Waals surface area contributed by atoms with E-state index in [1.54, 1.807) is 13.0 Å². The van der Waals surface area contributed by atoms with Crippen LogP contribution in [-0.2, 0) is 10.2 Å². The van der Waals surface area contributed by atoms with E-state index >= 15 is 0 Å². The molecule has 2 atom stereocenters. The first kappa shape index (κ1) is 22.4. The second-order valence-electron chi connectivity index (χ2n) is 9.22. The summed E-state index contributed by atoms with van der Waals surface area (Å²) in [7, 11) is 0. The SMILES string of the molecule is CCN(CC)c1ccc([C@H]2N(C3CCCCC3)C(=O)c3ccccc3[C@@]2(C)C(=O)O)cc1. The fourth-order valence-corrected chi connectivity index (χ4v) is 5.72. The lowest BCUT2D eigenvalue weighted by molar-refractivity contribution is -0.146. The van der Waals surface area contributed by atoms with Crippen LogP contribution in [0.25, 0.3) is 0 Å². The number of benzene rings is 2. The molecule has 1 saturated carbocycles. The van der Waals surface area contributed by atoms with E-state index in [9.17, 15) is 14.7 Å². The maximum absolute atomic E-state index is 13.8. The number of rotatable bonds is 6. The predicted molar refractivity (Wildman–Crippen MR) is 127 cm³/mol. The number of carbonyl (C=O) groups is 2. The Bertz CT molecular complexity index is 977. The summed E-state index contributed by atoms with van der Waals surface area (Å²) in [5.41, 5.74) is 1.92. The molecule has 2 aromatic rings. The van der Waals surface area contributed by atoms with Crippen LogP contribution in [0.4, 0.5) is 5.69 Å². The van der Waals surface area contributed by atoms with Crippen LogP contribution in [0.15, 0.2) is 48.5 Å². The minimum absolute atomic E-state index is 0.0379. The summed E-state index contributed by atoms with van der Waals surface area (Å²) < 4.78 is 0. The molecule has 0 aromatic heterocycles. The second kappa shape index (κ2) is 8.97. The van der Waals surface area contributed by atoms with Gasteiger partial charge in [0.2, 0.25) is 0 Å². The van der Waals surface area contributed by atoms with Gasteiger partial charge in [0.25, 0.3) is 5.91 Å². The summed E-state index contributed by atoms with van der Waals surface area (Å²) in [6, 6.07) is 15.0. The predicted octanol–water partition coefficient (Wildman–Crippen LogP) is 5.40. The second-order valence-corrected chi connectivity index (χ2v) is 9.22. The van der Waals surface area contributed by atoms with E-state index < -0.39 is 17.4 Å². The van der Waals surface area contributed by atoms with Crippen LogP contribution in [0, 0.1) is 0 Å². The fourth-order valence-electron chi connectivity index (χ4n) is 5.72. The highest BCUT2D eigenvalue weighted by Gasteiger charge is 2.54. The van der Waals surface area contributed by atoms with Crippen molar-refractivity contribution in [2.45, 2.75) is 70.4 Å². The van der Waals surface area contributed by atoms with Crippen LogP contribution in [-0.4, -0.2) is 41.0 Å². The van der Waals surface area contributed by atoms with E-state index in [0.717, 1.165) is 50.0 Å². The normalized spacial score (nSPS) is 23.7. The van der Waals surface area contributed by atoms with Crippen LogP contribution in [0.3, 0.4) is 0 Å². The number of carboxylic acids is 1. The lowest BCUT2D eigenvalue weighted by Crippen LogP contribution is -2.57. The maximum Gasteiger partial charge on any atom is 0.316 e. The van der Waals surface area contributed by atoms with Crippen molar-refractivity contribution in [2.75, 3.05) is 18.0 Å². The molecule has 1 fully saturated rings. The zero-order valence-electron chi connectivity index (χ0n) is 19.4. The Morgan fingerprint density at radius 2 is 1.66 bits per heavy atom. The zero-order valence-corrected chi connectivity index (χ0v) is 19.4. The number of aliphatic carboxylic acids is 1. The Labute approximate surface area is 191 Å². The average molecular weight is 435 g/mol. The summed E-state index contributed by atoms with van der Waals surface area (Å²) in [5, 5.41) is 10.6. The molecule has 0 bridgehead atoms. The van der Waals surface area contributed by atoms with Crippen molar-refractivity contribution < 1.29 is 14.7 Å². The van der Waals surface area contributed by atoms with Crippen molar-refractivity contribution in [2.24, 2.45) is 0 Å². The molecule has 0 spiro atoms. The van der Waals surface area contributed by atoms with Gasteiger partial charge in [-0.3, -0.25) is 9.59 Å². The van der Waals surface area contributed by atoms with E-state index in [4.69, 9.17) is 0 Å². The average Bonchev–Trinajstić information content (AvgIpc) is 2.83. The maximum atomic E-state index is 13.8. The summed E-state index contributed by atoms with van der Waals surface area (Å²) in [4.78, 5) is 30.9. The van der Waals surface area contributed by atoms with Crippen LogP contribution < -0.4 is 4.90 Å². The van der Waals surface area contributed by atoms with Gasteiger partial charge in [0.05, 0.1) is 6.04 Å². The monoisotopic (exact) mass is 434 g/mol. The third-order valence-corrected chi connectivity index (χ3v) is 7.53. The number of anilines is 1. The molecule has 2 aromatic carbocycles. The van der Waals surface area contributed by atoms with Crippen molar-refractivity contribution in [1.82, 2.24) is 4.90 Å². The van der Waals surface area contributed by atoms with Crippen molar-refractivity contribution in [1.29, 1.82) is 0 Å². The molecule has 0 saturated heterocycles. The Morgan fingerprint density at radius 1 is 1.03 bits per heavy atom. The third-order valence-electron chi connectivity index (χ3n) is 7.53. The highest BCUT2D eigenvalue weighted by molar-refractivity contribution is 6.02. The molecule has 1 heterocycles. The van der Waals surface area contributed by atoms with E-state index in [-0.39, 0.29) is 11.9 Å². The van der Waals surface area contributed by atoms with E-state index in [1.165, 1.54) is 6.42 Å². The number of hydrogen-bond donors (Lipinski definition) is 1. The van der Waals surface area contributed by atoms with Gasteiger partial charge < -0.3 is 14.9 Å². The summed E-state index contributed by atoms with van der Waals surface area (Å²) in [5.74, 6) is -0.930. The standard InChI is InChI=1S/C27H34N2O3/c1-4-28(5-2)20-17-15-19(16-18-20)24-27(3,26(31)32)23-14-10-9-13-22(23)25(30)29(24)21-11-7-6-8-12-21/h9-10,13-18,21,24H,4-8,11-12H2,1-3H3,(H,31,32)/t24-,27-/m1/s1. The van der Waals surface area contributed by atoms with Crippen molar-refractivity contribution in [3.63, 3.8) is 0 Å². The first-order valence-corrected chi connectivity index (χ1v) is 11.9. The summed E-state index contributed by atoms with van der Waals surface area (Å²) in [6.45, 7) is 7.86. The molecule has 1 aliphatic carbocycles. The van der Waals surface area contributed by atoms with Gasteiger partial charge in [-0.15, -0.1) is 0 Å². The number of hydrogen-bond acceptors (Lipinski definition) is 3. The Balaban J connectivity index is 1.88. The molecule has 5 nitrogen and oxygen atoms in total. The fraction of sp³-hybridized carbons (Fsp3) is 0.481. The highest BCUT2D eigenvalue weighted by atomic mass is 16.4. The summed E-state index contributed by atoms with van der Waals surface area (Å²) >= 11 is 0. The molecular weight excluding hydrogens is 400 g/mol. The Kier molecular flexibility index (Phi) is 6.27. The number of carbonyl (C=O) groups excluding carboxylic acids is 1. The van der Waals surface area contributed by atoms with Gasteiger partial charge >= 0.3 is 5.97 Å². The Hall–Kier alpha value is -2.82. The molecule has 1 amide bonds. The molecule has 32 heavy (non-hydrogen) atoms. The molecule has 170 valence electrons. The zero-order chi connectivity index (χ0) is 22.9. The van der Waals surface area contributed by atoms with E-state index in [0.29, 0.717) is 11.1 Å². The topological polar surface area (TPSA) is 60.9 Å². The number of fused-ring (bicyclic) bond motifs is 1. The van der Waals surface area contributed by atoms with Gasteiger partial charge in [-0.1, -0.05) is 49.6 Å². The molecule has 0 radical (unpaired) electrons. The van der Waals surface area contributed by atoms with Crippen LogP contribution in [0.1, 0.15) is 80.4 Å². The first-order chi connectivity index (χ1) is 15.4. The van der Waals surface area contributed by atoms with Gasteiger partial charge in [0.15, 0.2) is 0 Å². The van der Waals surface area contributed by atoms with Gasteiger partial charge in [0.1, 0.15) is 5.41 Å². The van der Waals surface area contributed by atoms with Gasteiger partial charge in [-0.05, 0) is 62.9 Å². The molecule has 1 N–H and O–H groups in total. The van der Waals surface area contributed by atoms with Crippen molar-refractivity contribution >= 4 is 17.6 Å². The minimum Gasteiger partial charge on any atom is -0.481 e. The quantitative estimate of drug-likeness (QED) is 0.661. The van der Waals surface area contributed by atoms with Gasteiger partial charge in [0, 0.05) is 30.4 Å². The lowest BCUT2D eigenvalue weighted by Gasteiger charge is -2.50. The molecule has 1 aliphatic heterocycles. The van der Waals surface area contributed by atoms with Crippen molar-refractivity contribution in [3.8, 4) is 0 Å². The molecule has 2 aliphatic rings. The van der Waals surface area contributed by atoms with Crippen molar-refractivity contribution in [3.05, 3.63) is 65.2 Å². The highest BCUT2D eigenvalue weighted by Crippen LogP contribution is 2.49. The van der Waals surface area contributed by atoms with Crippen LogP contribution in [0.5, 0.6) is 0 Å². The molecule has 4 rings (SSSR count). The third kappa shape index (κ3) is 3.58. The summed E-state index contributed by atoms with van der Waals surface area (Å²) in [6.07, 6.45) is 5.19.